The quantitative estimate of drug-likeness (QED) is 0.602. The Balaban J connectivity index is 1.30. The second-order valence-corrected chi connectivity index (χ2v) is 8.59. The van der Waals surface area contributed by atoms with E-state index in [0.717, 1.165) is 56.4 Å². The third-order valence-electron chi connectivity index (χ3n) is 5.53. The molecule has 2 heterocycles. The van der Waals surface area contributed by atoms with Crippen LogP contribution in [0.2, 0.25) is 0 Å². The zero-order chi connectivity index (χ0) is 20.8. The molecule has 0 unspecified atom stereocenters. The standard InChI is InChI=1S/C24H28N4OS/c1-19-8-10-21(11-9-19)18-22-25-24(30-26-22)28-15-5-14-27(16-17-28)23(29)13-12-20-6-3-2-4-7-20/h2-4,6-11H,5,12-18H2,1H3. The molecule has 4 rings (SSSR count). The number of amides is 1. The molecule has 2 aromatic carbocycles. The Kier molecular flexibility index (Phi) is 6.74. The summed E-state index contributed by atoms with van der Waals surface area (Å²) in [5.41, 5.74) is 3.71. The second-order valence-electron chi connectivity index (χ2n) is 7.86. The maximum atomic E-state index is 12.7. The van der Waals surface area contributed by atoms with E-state index in [1.54, 1.807) is 0 Å². The molecule has 0 atom stereocenters. The van der Waals surface area contributed by atoms with Gasteiger partial charge >= 0.3 is 0 Å². The van der Waals surface area contributed by atoms with Crippen molar-refractivity contribution < 1.29 is 4.79 Å². The molecule has 0 radical (unpaired) electrons. The van der Waals surface area contributed by atoms with Crippen LogP contribution in [0.15, 0.2) is 54.6 Å². The van der Waals surface area contributed by atoms with Gasteiger partial charge in [-0.2, -0.15) is 4.37 Å². The van der Waals surface area contributed by atoms with Crippen LogP contribution < -0.4 is 4.90 Å². The highest BCUT2D eigenvalue weighted by molar-refractivity contribution is 7.09. The molecule has 1 amide bonds. The third-order valence-corrected chi connectivity index (χ3v) is 6.34. The summed E-state index contributed by atoms with van der Waals surface area (Å²) in [4.78, 5) is 21.7. The summed E-state index contributed by atoms with van der Waals surface area (Å²) < 4.78 is 4.57. The predicted molar refractivity (Wildman–Crippen MR) is 122 cm³/mol. The van der Waals surface area contributed by atoms with Crippen LogP contribution in [0.5, 0.6) is 0 Å². The Morgan fingerprint density at radius 3 is 2.57 bits per heavy atom. The number of carbonyl (C=O) groups is 1. The summed E-state index contributed by atoms with van der Waals surface area (Å²) in [6.07, 6.45) is 3.10. The van der Waals surface area contributed by atoms with Crippen LogP contribution in [0.25, 0.3) is 0 Å². The lowest BCUT2D eigenvalue weighted by Gasteiger charge is -2.21. The average molecular weight is 421 g/mol. The van der Waals surface area contributed by atoms with Crippen molar-refractivity contribution in [3.8, 4) is 0 Å². The van der Waals surface area contributed by atoms with Gasteiger partial charge in [0.05, 0.1) is 0 Å². The van der Waals surface area contributed by atoms with Crippen LogP contribution in [-0.2, 0) is 17.6 Å². The minimum Gasteiger partial charge on any atom is -0.345 e. The maximum Gasteiger partial charge on any atom is 0.222 e. The molecule has 0 N–H and O–H groups in total. The largest absolute Gasteiger partial charge is 0.345 e. The fraction of sp³-hybridized carbons (Fsp3) is 0.375. The lowest BCUT2D eigenvalue weighted by atomic mass is 10.1. The van der Waals surface area contributed by atoms with Crippen molar-refractivity contribution >= 4 is 22.6 Å². The van der Waals surface area contributed by atoms with E-state index >= 15 is 0 Å². The number of hydrogen-bond acceptors (Lipinski definition) is 5. The Labute approximate surface area is 182 Å². The molecule has 1 aromatic heterocycles. The summed E-state index contributed by atoms with van der Waals surface area (Å²) in [6.45, 7) is 5.40. The van der Waals surface area contributed by atoms with E-state index < -0.39 is 0 Å². The van der Waals surface area contributed by atoms with Crippen molar-refractivity contribution in [3.05, 3.63) is 77.1 Å². The van der Waals surface area contributed by atoms with Gasteiger partial charge in [-0.15, -0.1) is 0 Å². The highest BCUT2D eigenvalue weighted by Gasteiger charge is 2.21. The first-order chi connectivity index (χ1) is 14.7. The molecule has 3 aromatic rings. The molecule has 1 aliphatic rings. The third kappa shape index (κ3) is 5.45. The zero-order valence-electron chi connectivity index (χ0n) is 17.5. The van der Waals surface area contributed by atoms with Gasteiger partial charge in [-0.05, 0) is 30.9 Å². The zero-order valence-corrected chi connectivity index (χ0v) is 18.3. The summed E-state index contributed by atoms with van der Waals surface area (Å²) in [6, 6.07) is 18.8. The van der Waals surface area contributed by atoms with Crippen molar-refractivity contribution in [2.75, 3.05) is 31.1 Å². The van der Waals surface area contributed by atoms with Gasteiger partial charge in [-0.1, -0.05) is 60.2 Å². The molecule has 0 aliphatic carbocycles. The van der Waals surface area contributed by atoms with Crippen molar-refractivity contribution in [2.24, 2.45) is 0 Å². The minimum atomic E-state index is 0.248. The number of benzene rings is 2. The van der Waals surface area contributed by atoms with Gasteiger partial charge in [-0.3, -0.25) is 4.79 Å². The van der Waals surface area contributed by atoms with Crippen LogP contribution in [-0.4, -0.2) is 46.3 Å². The lowest BCUT2D eigenvalue weighted by molar-refractivity contribution is -0.130. The number of anilines is 1. The molecule has 0 saturated carbocycles. The summed E-state index contributed by atoms with van der Waals surface area (Å²) in [7, 11) is 0. The first-order valence-corrected chi connectivity index (χ1v) is 11.4. The van der Waals surface area contributed by atoms with Crippen LogP contribution in [0.3, 0.4) is 0 Å². The molecule has 6 heteroatoms. The summed E-state index contributed by atoms with van der Waals surface area (Å²) >= 11 is 1.47. The second kappa shape index (κ2) is 9.85. The van der Waals surface area contributed by atoms with E-state index in [2.05, 4.69) is 52.6 Å². The maximum absolute atomic E-state index is 12.7. The van der Waals surface area contributed by atoms with Crippen LogP contribution >= 0.6 is 11.5 Å². The minimum absolute atomic E-state index is 0.248. The van der Waals surface area contributed by atoms with E-state index in [1.165, 1.54) is 28.2 Å². The highest BCUT2D eigenvalue weighted by Crippen LogP contribution is 2.21. The fourth-order valence-corrected chi connectivity index (χ4v) is 4.48. The number of aryl methyl sites for hydroxylation is 2. The SMILES string of the molecule is Cc1ccc(Cc2nsc(N3CCCN(C(=O)CCc4ccccc4)CC3)n2)cc1. The van der Waals surface area contributed by atoms with Crippen molar-refractivity contribution in [3.63, 3.8) is 0 Å². The van der Waals surface area contributed by atoms with Crippen molar-refractivity contribution in [1.29, 1.82) is 0 Å². The Bertz CT molecular complexity index is 955. The van der Waals surface area contributed by atoms with Crippen LogP contribution in [0, 0.1) is 6.92 Å². The molecular formula is C24H28N4OS. The number of nitrogens with zero attached hydrogens (tertiary/aromatic N) is 4. The molecule has 1 fully saturated rings. The van der Waals surface area contributed by atoms with Gasteiger partial charge in [0.15, 0.2) is 0 Å². The summed E-state index contributed by atoms with van der Waals surface area (Å²) in [5, 5.41) is 0.968. The van der Waals surface area contributed by atoms with Crippen molar-refractivity contribution in [1.82, 2.24) is 14.3 Å². The van der Waals surface area contributed by atoms with Gasteiger partial charge in [0.1, 0.15) is 5.82 Å². The topological polar surface area (TPSA) is 49.3 Å². The highest BCUT2D eigenvalue weighted by atomic mass is 32.1. The fourth-order valence-electron chi connectivity index (χ4n) is 3.75. The van der Waals surface area contributed by atoms with E-state index in [-0.39, 0.29) is 5.91 Å². The molecule has 0 bridgehead atoms. The average Bonchev–Trinajstić information content (AvgIpc) is 3.09. The molecule has 1 saturated heterocycles. The predicted octanol–water partition coefficient (Wildman–Crippen LogP) is 4.11. The summed E-state index contributed by atoms with van der Waals surface area (Å²) in [5.74, 6) is 1.12. The number of hydrogen-bond donors (Lipinski definition) is 0. The monoisotopic (exact) mass is 420 g/mol. The van der Waals surface area contributed by atoms with Gasteiger partial charge < -0.3 is 9.80 Å². The number of rotatable bonds is 6. The van der Waals surface area contributed by atoms with E-state index in [9.17, 15) is 4.79 Å². The van der Waals surface area contributed by atoms with Crippen LogP contribution in [0.1, 0.15) is 35.4 Å². The Hall–Kier alpha value is -2.73. The molecular weight excluding hydrogens is 392 g/mol. The van der Waals surface area contributed by atoms with Crippen molar-refractivity contribution in [2.45, 2.75) is 32.6 Å². The normalized spacial score (nSPS) is 14.6. The Morgan fingerprint density at radius 2 is 1.77 bits per heavy atom. The van der Waals surface area contributed by atoms with E-state index in [1.807, 2.05) is 23.1 Å². The smallest absolute Gasteiger partial charge is 0.222 e. The van der Waals surface area contributed by atoms with Gasteiger partial charge in [0.25, 0.3) is 0 Å². The van der Waals surface area contributed by atoms with E-state index in [4.69, 9.17) is 4.98 Å². The number of carbonyl (C=O) groups excluding carboxylic acids is 1. The Morgan fingerprint density at radius 1 is 0.967 bits per heavy atom. The van der Waals surface area contributed by atoms with Crippen LogP contribution in [0.4, 0.5) is 5.13 Å². The lowest BCUT2D eigenvalue weighted by Crippen LogP contribution is -2.35. The molecule has 5 nitrogen and oxygen atoms in total. The first-order valence-electron chi connectivity index (χ1n) is 10.6. The van der Waals surface area contributed by atoms with Gasteiger partial charge in [0.2, 0.25) is 11.0 Å². The molecule has 1 aliphatic heterocycles. The molecule has 30 heavy (non-hydrogen) atoms. The molecule has 0 spiro atoms. The van der Waals surface area contributed by atoms with Gasteiger partial charge in [-0.25, -0.2) is 4.98 Å². The molecule has 156 valence electrons. The van der Waals surface area contributed by atoms with E-state index in [0.29, 0.717) is 6.42 Å². The number of aromatic nitrogens is 2. The first kappa shape index (κ1) is 20.5. The van der Waals surface area contributed by atoms with Gasteiger partial charge in [0, 0.05) is 50.6 Å².